The predicted octanol–water partition coefficient (Wildman–Crippen LogP) is 16.7. The van der Waals surface area contributed by atoms with Crippen LogP contribution in [-0.4, -0.2) is 0 Å². The number of benzene rings is 9. The van der Waals surface area contributed by atoms with Crippen molar-refractivity contribution in [2.24, 2.45) is 0 Å². The van der Waals surface area contributed by atoms with Gasteiger partial charge < -0.3 is 9.80 Å². The maximum absolute atomic E-state index is 2.47. The summed E-state index contributed by atoms with van der Waals surface area (Å²) >= 11 is 0. The molecule has 0 saturated heterocycles. The Morgan fingerprint density at radius 2 is 0.730 bits per heavy atom. The molecule has 0 saturated carbocycles. The second kappa shape index (κ2) is 14.5. The van der Waals surface area contributed by atoms with E-state index in [0.29, 0.717) is 0 Å². The summed E-state index contributed by atoms with van der Waals surface area (Å²) in [6.07, 6.45) is 0. The highest BCUT2D eigenvalue weighted by Gasteiger charge is 2.38. The van der Waals surface area contributed by atoms with Gasteiger partial charge in [-0.15, -0.1) is 0 Å². The monoisotopic (exact) mass is 812 g/mol. The molecule has 0 N–H and O–H groups in total. The van der Waals surface area contributed by atoms with E-state index in [2.05, 4.69) is 258 Å². The standard InChI is InChI=1S/C61H52N2/c1-59(2,43-30-29-41-19-13-14-20-42(41)35-43)44-36-49(62(45-21-9-7-10-22-45)47-31-33-53-51-25-15-17-27-55(51)60(3,4)57(53)39-47)38-50(37-44)63(46-23-11-8-12-24-46)48-32-34-54-52-26-16-18-28-56(52)61(5,6)58(54)40-48/h7-40H,1-6H3. The van der Waals surface area contributed by atoms with Gasteiger partial charge in [-0.1, -0.05) is 181 Å². The van der Waals surface area contributed by atoms with Crippen molar-refractivity contribution in [3.63, 3.8) is 0 Å². The zero-order chi connectivity index (χ0) is 43.1. The Labute approximate surface area is 372 Å². The van der Waals surface area contributed by atoms with Crippen LogP contribution in [0.15, 0.2) is 206 Å². The van der Waals surface area contributed by atoms with E-state index in [1.165, 1.54) is 66.4 Å². The quantitative estimate of drug-likeness (QED) is 0.151. The zero-order valence-electron chi connectivity index (χ0n) is 37.0. The summed E-state index contributed by atoms with van der Waals surface area (Å²) in [5, 5.41) is 2.50. The summed E-state index contributed by atoms with van der Waals surface area (Å²) in [6, 6.07) is 76.8. The van der Waals surface area contributed by atoms with E-state index in [9.17, 15) is 0 Å². The molecule has 0 heterocycles. The molecular weight excluding hydrogens is 761 g/mol. The number of anilines is 6. The highest BCUT2D eigenvalue weighted by atomic mass is 15.2. The Balaban J connectivity index is 1.16. The van der Waals surface area contributed by atoms with Crippen LogP contribution in [0.2, 0.25) is 0 Å². The maximum Gasteiger partial charge on any atom is 0.0485 e. The second-order valence-corrected chi connectivity index (χ2v) is 19.1. The lowest BCUT2D eigenvalue weighted by Gasteiger charge is -2.34. The number of para-hydroxylation sites is 2. The average molecular weight is 813 g/mol. The van der Waals surface area contributed by atoms with Crippen LogP contribution < -0.4 is 9.80 Å². The van der Waals surface area contributed by atoms with E-state index < -0.39 is 0 Å². The lowest BCUT2D eigenvalue weighted by molar-refractivity contribution is 0.642. The zero-order valence-corrected chi connectivity index (χ0v) is 37.0. The van der Waals surface area contributed by atoms with E-state index in [1.807, 2.05) is 0 Å². The summed E-state index contributed by atoms with van der Waals surface area (Å²) in [4.78, 5) is 4.93. The summed E-state index contributed by atoms with van der Waals surface area (Å²) in [7, 11) is 0. The van der Waals surface area contributed by atoms with Gasteiger partial charge in [0, 0.05) is 50.4 Å². The van der Waals surface area contributed by atoms with Crippen LogP contribution >= 0.6 is 0 Å². The summed E-state index contributed by atoms with van der Waals surface area (Å²) in [5.41, 5.74) is 19.3. The van der Waals surface area contributed by atoms with Crippen molar-refractivity contribution in [3.05, 3.63) is 240 Å². The molecule has 0 aliphatic heterocycles. The van der Waals surface area contributed by atoms with Crippen LogP contribution in [0, 0.1) is 0 Å². The number of hydrogen-bond acceptors (Lipinski definition) is 2. The Bertz CT molecular complexity index is 3040. The Morgan fingerprint density at radius 1 is 0.302 bits per heavy atom. The van der Waals surface area contributed by atoms with Gasteiger partial charge in [-0.25, -0.2) is 0 Å². The molecule has 9 aromatic carbocycles. The van der Waals surface area contributed by atoms with Crippen LogP contribution in [0.3, 0.4) is 0 Å². The van der Waals surface area contributed by atoms with E-state index in [1.54, 1.807) is 0 Å². The Kier molecular flexibility index (Phi) is 8.89. The van der Waals surface area contributed by atoms with E-state index in [-0.39, 0.29) is 16.2 Å². The molecule has 11 rings (SSSR count). The first kappa shape index (κ1) is 38.7. The van der Waals surface area contributed by atoms with Crippen molar-refractivity contribution >= 4 is 44.9 Å². The molecule has 0 atom stereocenters. The molecule has 63 heavy (non-hydrogen) atoms. The highest BCUT2D eigenvalue weighted by molar-refractivity contribution is 5.90. The summed E-state index contributed by atoms with van der Waals surface area (Å²) in [5.74, 6) is 0. The van der Waals surface area contributed by atoms with Gasteiger partial charge in [0.25, 0.3) is 0 Å². The third kappa shape index (κ3) is 6.22. The smallest absolute Gasteiger partial charge is 0.0485 e. The van der Waals surface area contributed by atoms with Gasteiger partial charge in [-0.2, -0.15) is 0 Å². The number of hydrogen-bond donors (Lipinski definition) is 0. The molecule has 0 fully saturated rings. The van der Waals surface area contributed by atoms with Crippen LogP contribution in [0.4, 0.5) is 34.1 Å². The summed E-state index contributed by atoms with van der Waals surface area (Å²) < 4.78 is 0. The molecule has 2 heteroatoms. The molecule has 0 aromatic heterocycles. The molecule has 0 bridgehead atoms. The van der Waals surface area contributed by atoms with Crippen LogP contribution in [0.5, 0.6) is 0 Å². The van der Waals surface area contributed by atoms with Gasteiger partial charge in [0.15, 0.2) is 0 Å². The van der Waals surface area contributed by atoms with E-state index in [0.717, 1.165) is 34.1 Å². The van der Waals surface area contributed by atoms with Crippen LogP contribution in [0.1, 0.15) is 74.9 Å². The molecule has 0 unspecified atom stereocenters. The minimum absolute atomic E-state index is 0.138. The number of fused-ring (bicyclic) bond motifs is 7. The fourth-order valence-electron chi connectivity index (χ4n) is 10.7. The summed E-state index contributed by atoms with van der Waals surface area (Å²) in [6.45, 7) is 14.2. The van der Waals surface area contributed by atoms with Gasteiger partial charge in [0.2, 0.25) is 0 Å². The third-order valence-corrected chi connectivity index (χ3v) is 14.3. The van der Waals surface area contributed by atoms with Crippen molar-refractivity contribution in [3.8, 4) is 22.3 Å². The van der Waals surface area contributed by atoms with Gasteiger partial charge in [-0.3, -0.25) is 0 Å². The van der Waals surface area contributed by atoms with Gasteiger partial charge in [-0.05, 0) is 133 Å². The Morgan fingerprint density at radius 3 is 1.24 bits per heavy atom. The molecule has 2 aliphatic rings. The van der Waals surface area contributed by atoms with E-state index >= 15 is 0 Å². The predicted molar refractivity (Wildman–Crippen MR) is 267 cm³/mol. The van der Waals surface area contributed by atoms with Gasteiger partial charge in [0.05, 0.1) is 0 Å². The van der Waals surface area contributed by atoms with Crippen molar-refractivity contribution in [2.45, 2.75) is 57.8 Å². The fourth-order valence-corrected chi connectivity index (χ4v) is 10.7. The normalized spacial score (nSPS) is 14.1. The van der Waals surface area contributed by atoms with Crippen molar-refractivity contribution in [1.82, 2.24) is 0 Å². The number of nitrogens with zero attached hydrogens (tertiary/aromatic N) is 2. The molecule has 306 valence electrons. The fraction of sp³-hybridized carbons (Fsp3) is 0.148. The lowest BCUT2D eigenvalue weighted by atomic mass is 9.77. The average Bonchev–Trinajstić information content (AvgIpc) is 3.68. The largest absolute Gasteiger partial charge is 0.310 e. The first-order valence-electron chi connectivity index (χ1n) is 22.3. The van der Waals surface area contributed by atoms with Crippen molar-refractivity contribution < 1.29 is 0 Å². The molecule has 9 aromatic rings. The van der Waals surface area contributed by atoms with Crippen LogP contribution in [0.25, 0.3) is 33.0 Å². The van der Waals surface area contributed by atoms with E-state index in [4.69, 9.17) is 0 Å². The maximum atomic E-state index is 2.47. The molecule has 2 aliphatic carbocycles. The SMILES string of the molecule is CC(C)(c1cc(N(c2ccccc2)c2ccc3c(c2)C(C)(C)c2ccccc2-3)cc(N(c2ccccc2)c2ccc3c(c2)C(C)(C)c2ccccc2-3)c1)c1ccc2ccccc2c1. The van der Waals surface area contributed by atoms with Gasteiger partial charge >= 0.3 is 0 Å². The molecular formula is C61H52N2. The van der Waals surface area contributed by atoms with Crippen LogP contribution in [-0.2, 0) is 16.2 Å². The van der Waals surface area contributed by atoms with Gasteiger partial charge in [0.1, 0.15) is 0 Å². The molecule has 0 amide bonds. The molecule has 0 radical (unpaired) electrons. The number of rotatable bonds is 8. The first-order chi connectivity index (χ1) is 30.5. The highest BCUT2D eigenvalue weighted by Crippen LogP contribution is 2.53. The topological polar surface area (TPSA) is 6.48 Å². The lowest BCUT2D eigenvalue weighted by Crippen LogP contribution is -2.22. The molecule has 0 spiro atoms. The first-order valence-corrected chi connectivity index (χ1v) is 22.3. The van der Waals surface area contributed by atoms with Crippen molar-refractivity contribution in [2.75, 3.05) is 9.80 Å². The minimum Gasteiger partial charge on any atom is -0.310 e. The Hall–Kier alpha value is -7.16. The minimum atomic E-state index is -0.358. The molecule has 2 nitrogen and oxygen atoms in total. The van der Waals surface area contributed by atoms with Crippen molar-refractivity contribution in [1.29, 1.82) is 0 Å². The third-order valence-electron chi connectivity index (χ3n) is 14.3. The second-order valence-electron chi connectivity index (χ2n) is 19.1.